The summed E-state index contributed by atoms with van der Waals surface area (Å²) < 4.78 is 31.0. The van der Waals surface area contributed by atoms with E-state index in [-0.39, 0.29) is 18.8 Å². The van der Waals surface area contributed by atoms with E-state index in [4.69, 9.17) is 23.7 Å². The van der Waals surface area contributed by atoms with Gasteiger partial charge in [0, 0.05) is 4.47 Å². The third-order valence-corrected chi connectivity index (χ3v) is 5.83. The summed E-state index contributed by atoms with van der Waals surface area (Å²) in [6.07, 6.45) is 1.29. The van der Waals surface area contributed by atoms with Crippen LogP contribution in [0.4, 0.5) is 0 Å². The fraction of sp³-hybridized carbons (Fsp3) is 0.571. The molecule has 6 atom stereocenters. The van der Waals surface area contributed by atoms with Gasteiger partial charge >= 0.3 is 5.97 Å². The van der Waals surface area contributed by atoms with Crippen LogP contribution in [0.25, 0.3) is 0 Å². The second-order valence-electron chi connectivity index (χ2n) is 7.87. The van der Waals surface area contributed by atoms with Crippen LogP contribution < -0.4 is 0 Å². The summed E-state index contributed by atoms with van der Waals surface area (Å²) in [6, 6.07) is 6.96. The highest BCUT2D eigenvalue weighted by atomic mass is 79.9. The highest BCUT2D eigenvalue weighted by Crippen LogP contribution is 2.37. The van der Waals surface area contributed by atoms with Gasteiger partial charge < -0.3 is 28.8 Å². The summed E-state index contributed by atoms with van der Waals surface area (Å²) in [5.74, 6) is -1.30. The van der Waals surface area contributed by atoms with E-state index in [1.165, 1.54) is 0 Å². The average Bonchev–Trinajstić information content (AvgIpc) is 2.90. The number of rotatable bonds is 3. The molecule has 0 aliphatic carbocycles. The predicted octanol–water partition coefficient (Wildman–Crippen LogP) is 2.60. The molecule has 2 fully saturated rings. The molecule has 0 spiro atoms. The Kier molecular flexibility index (Phi) is 6.11. The molecule has 1 aromatic carbocycles. The number of benzene rings is 1. The third kappa shape index (κ3) is 4.57. The first kappa shape index (κ1) is 21.0. The molecule has 3 heterocycles. The fourth-order valence-electron chi connectivity index (χ4n) is 3.89. The van der Waals surface area contributed by atoms with Crippen LogP contribution in [0, 0.1) is 0 Å². The molecule has 0 saturated carbocycles. The van der Waals surface area contributed by atoms with Crippen LogP contribution in [-0.2, 0) is 23.7 Å². The second kappa shape index (κ2) is 8.45. The number of carbonyl (C=O) groups excluding carboxylic acids is 1. The van der Waals surface area contributed by atoms with Crippen molar-refractivity contribution < 1.29 is 33.6 Å². The fourth-order valence-corrected chi connectivity index (χ4v) is 4.16. The molecule has 29 heavy (non-hydrogen) atoms. The maximum absolute atomic E-state index is 12.9. The number of carbonyl (C=O) groups is 1. The zero-order valence-corrected chi connectivity index (χ0v) is 17.9. The second-order valence-corrected chi connectivity index (χ2v) is 8.78. The Morgan fingerprint density at radius 2 is 1.97 bits per heavy atom. The molecule has 0 unspecified atom stereocenters. The molecule has 3 aliphatic rings. The molecular formula is C21H25BrO7. The normalized spacial score (nSPS) is 35.9. The van der Waals surface area contributed by atoms with Crippen LogP contribution in [0.15, 0.2) is 40.9 Å². The molecule has 0 amide bonds. The highest BCUT2D eigenvalue weighted by molar-refractivity contribution is 9.10. The van der Waals surface area contributed by atoms with Gasteiger partial charge in [-0.2, -0.15) is 0 Å². The quantitative estimate of drug-likeness (QED) is 0.538. The van der Waals surface area contributed by atoms with Gasteiger partial charge in [0.15, 0.2) is 11.9 Å². The van der Waals surface area contributed by atoms with Crippen molar-refractivity contribution in [1.29, 1.82) is 0 Å². The van der Waals surface area contributed by atoms with Gasteiger partial charge in [-0.1, -0.05) is 28.1 Å². The topological polar surface area (TPSA) is 83.5 Å². The van der Waals surface area contributed by atoms with E-state index in [0.717, 1.165) is 4.47 Å². The molecule has 2 saturated heterocycles. The van der Waals surface area contributed by atoms with E-state index in [1.54, 1.807) is 30.3 Å². The Balaban J connectivity index is 1.62. The van der Waals surface area contributed by atoms with Crippen LogP contribution in [0.3, 0.4) is 0 Å². The van der Waals surface area contributed by atoms with E-state index < -0.39 is 36.2 Å². The van der Waals surface area contributed by atoms with Crippen LogP contribution >= 0.6 is 15.9 Å². The van der Waals surface area contributed by atoms with Crippen molar-refractivity contribution in [3.63, 3.8) is 0 Å². The molecule has 158 valence electrons. The van der Waals surface area contributed by atoms with Crippen molar-refractivity contribution in [1.82, 2.24) is 0 Å². The zero-order chi connectivity index (χ0) is 20.6. The average molecular weight is 469 g/mol. The Hall–Kier alpha value is -1.29. The Morgan fingerprint density at radius 1 is 1.21 bits per heavy atom. The molecule has 8 heteroatoms. The lowest BCUT2D eigenvalue weighted by molar-refractivity contribution is -0.360. The van der Waals surface area contributed by atoms with Gasteiger partial charge in [-0.15, -0.1) is 0 Å². The minimum Gasteiger partial charge on any atom is -0.453 e. The van der Waals surface area contributed by atoms with Crippen molar-refractivity contribution in [2.75, 3.05) is 13.2 Å². The highest BCUT2D eigenvalue weighted by Gasteiger charge is 2.54. The molecule has 0 aromatic heterocycles. The first-order valence-electron chi connectivity index (χ1n) is 9.73. The van der Waals surface area contributed by atoms with Gasteiger partial charge in [-0.05, 0) is 44.5 Å². The molecular weight excluding hydrogens is 444 g/mol. The van der Waals surface area contributed by atoms with Crippen LogP contribution in [0.1, 0.15) is 30.6 Å². The van der Waals surface area contributed by atoms with Crippen LogP contribution in [0.5, 0.6) is 0 Å². The first-order valence-corrected chi connectivity index (χ1v) is 10.5. The smallest absolute Gasteiger partial charge is 0.338 e. The first-order chi connectivity index (χ1) is 13.9. The third-order valence-electron chi connectivity index (χ3n) is 5.30. The number of esters is 1. The minimum atomic E-state index is -0.834. The van der Waals surface area contributed by atoms with E-state index in [0.29, 0.717) is 18.6 Å². The summed E-state index contributed by atoms with van der Waals surface area (Å²) in [5.41, 5.74) is 0.435. The number of hydrogen-bond donors (Lipinski definition) is 1. The lowest BCUT2D eigenvalue weighted by atomic mass is 9.92. The molecule has 0 bridgehead atoms. The van der Waals surface area contributed by atoms with E-state index in [2.05, 4.69) is 15.9 Å². The molecule has 4 rings (SSSR count). The Labute approximate surface area is 178 Å². The summed E-state index contributed by atoms with van der Waals surface area (Å²) >= 11 is 3.37. The zero-order valence-electron chi connectivity index (χ0n) is 16.3. The van der Waals surface area contributed by atoms with Gasteiger partial charge in [-0.25, -0.2) is 4.79 Å². The standard InChI is InChI=1S/C21H25BrO7/c1-21(2)25-11-16-18(29-21)19(28-20(24)12-6-8-13(22)9-7-12)17-15(27-16)5-3-4-14(10-23)26-17/h3-4,6-9,14-19,23H,5,10-11H2,1-2H3/t14-,15+,16-,17+,18-,19-/m1/s1. The lowest BCUT2D eigenvalue weighted by Gasteiger charge is -2.50. The van der Waals surface area contributed by atoms with Gasteiger partial charge in [0.05, 0.1) is 31.0 Å². The Bertz CT molecular complexity index is 763. The summed E-state index contributed by atoms with van der Waals surface area (Å²) in [6.45, 7) is 3.79. The maximum Gasteiger partial charge on any atom is 0.338 e. The number of ether oxygens (including phenoxy) is 5. The number of aliphatic hydroxyl groups excluding tert-OH is 1. The molecule has 0 radical (unpaired) electrons. The van der Waals surface area contributed by atoms with Gasteiger partial charge in [0.2, 0.25) is 0 Å². The van der Waals surface area contributed by atoms with E-state index >= 15 is 0 Å². The largest absolute Gasteiger partial charge is 0.453 e. The molecule has 1 N–H and O–H groups in total. The van der Waals surface area contributed by atoms with E-state index in [9.17, 15) is 9.90 Å². The van der Waals surface area contributed by atoms with Crippen LogP contribution in [-0.4, -0.2) is 66.7 Å². The van der Waals surface area contributed by atoms with Gasteiger partial charge in [-0.3, -0.25) is 0 Å². The predicted molar refractivity (Wildman–Crippen MR) is 106 cm³/mol. The summed E-state index contributed by atoms with van der Waals surface area (Å²) in [7, 11) is 0. The van der Waals surface area contributed by atoms with Crippen molar-refractivity contribution >= 4 is 21.9 Å². The van der Waals surface area contributed by atoms with Crippen molar-refractivity contribution in [2.45, 2.75) is 62.7 Å². The van der Waals surface area contributed by atoms with Gasteiger partial charge in [0.1, 0.15) is 18.3 Å². The van der Waals surface area contributed by atoms with Crippen molar-refractivity contribution in [2.24, 2.45) is 0 Å². The van der Waals surface area contributed by atoms with Crippen molar-refractivity contribution in [3.8, 4) is 0 Å². The molecule has 7 nitrogen and oxygen atoms in total. The SMILES string of the molecule is CC1(C)OC[C@H]2O[C@H]3CC=C[C@H](CO)O[C@@H]3[C@@H](OC(=O)c3ccc(Br)cc3)[C@@H]2O1. The van der Waals surface area contributed by atoms with Crippen LogP contribution in [0.2, 0.25) is 0 Å². The number of aliphatic hydroxyl groups is 1. The Morgan fingerprint density at radius 3 is 2.69 bits per heavy atom. The molecule has 1 aromatic rings. The summed E-state index contributed by atoms with van der Waals surface area (Å²) in [5, 5.41) is 9.61. The number of fused-ring (bicyclic) bond motifs is 2. The maximum atomic E-state index is 12.9. The molecule has 3 aliphatic heterocycles. The minimum absolute atomic E-state index is 0.170. The van der Waals surface area contributed by atoms with Crippen molar-refractivity contribution in [3.05, 3.63) is 46.5 Å². The number of halogens is 1. The van der Waals surface area contributed by atoms with Gasteiger partial charge in [0.25, 0.3) is 0 Å². The van der Waals surface area contributed by atoms with E-state index in [1.807, 2.05) is 19.9 Å². The number of hydrogen-bond acceptors (Lipinski definition) is 7. The summed E-state index contributed by atoms with van der Waals surface area (Å²) in [4.78, 5) is 12.9. The monoisotopic (exact) mass is 468 g/mol. The lowest BCUT2D eigenvalue weighted by Crippen LogP contribution is -2.66.